The zero-order valence-electron chi connectivity index (χ0n) is 15.1. The van der Waals surface area contributed by atoms with Gasteiger partial charge in [0.15, 0.2) is 5.82 Å². The van der Waals surface area contributed by atoms with E-state index < -0.39 is 24.0 Å². The number of carbonyl (C=O) groups excluding carboxylic acids is 1. The summed E-state index contributed by atoms with van der Waals surface area (Å²) >= 11 is 0. The summed E-state index contributed by atoms with van der Waals surface area (Å²) in [5, 5.41) is 7.18. The van der Waals surface area contributed by atoms with E-state index in [2.05, 4.69) is 15.3 Å². The Balaban J connectivity index is 1.73. The first-order valence-corrected chi connectivity index (χ1v) is 8.32. The van der Waals surface area contributed by atoms with Crippen molar-refractivity contribution in [2.24, 2.45) is 0 Å². The molecule has 3 heterocycles. The molecule has 1 amide bonds. The molecule has 0 bridgehead atoms. The minimum atomic E-state index is -4.43. The van der Waals surface area contributed by atoms with E-state index in [0.29, 0.717) is 42.9 Å². The molecule has 0 N–H and O–H groups in total. The normalized spacial score (nSPS) is 17.3. The van der Waals surface area contributed by atoms with E-state index in [1.54, 1.807) is 18.7 Å². The van der Waals surface area contributed by atoms with Crippen LogP contribution in [0.4, 0.5) is 13.2 Å². The number of carbonyl (C=O) groups is 1. The first kappa shape index (κ1) is 19.3. The van der Waals surface area contributed by atoms with Crippen molar-refractivity contribution in [3.05, 3.63) is 28.7 Å². The molecule has 148 valence electrons. The third-order valence-corrected chi connectivity index (χ3v) is 4.71. The zero-order chi connectivity index (χ0) is 19.8. The number of nitrogens with zero attached hydrogens (tertiary/aromatic N) is 4. The molecule has 2 aromatic heterocycles. The average molecular weight is 388 g/mol. The minimum Gasteiger partial charge on any atom is -0.368 e. The Bertz CT molecular complexity index is 802. The van der Waals surface area contributed by atoms with Crippen molar-refractivity contribution < 1.29 is 31.7 Å². The van der Waals surface area contributed by atoms with Crippen molar-refractivity contribution >= 4 is 5.91 Å². The number of aromatic nitrogens is 3. The lowest BCUT2D eigenvalue weighted by atomic mass is 9.90. The van der Waals surface area contributed by atoms with Crippen LogP contribution in [0, 0.1) is 13.8 Å². The molecule has 1 saturated heterocycles. The van der Waals surface area contributed by atoms with Crippen LogP contribution >= 0.6 is 0 Å². The zero-order valence-corrected chi connectivity index (χ0v) is 15.1. The average Bonchev–Trinajstić information content (AvgIpc) is 3.20. The van der Waals surface area contributed by atoms with Gasteiger partial charge in [-0.1, -0.05) is 10.3 Å². The first-order valence-electron chi connectivity index (χ1n) is 8.32. The molecular weight excluding hydrogens is 369 g/mol. The van der Waals surface area contributed by atoms with Gasteiger partial charge in [-0.3, -0.25) is 4.79 Å². The molecule has 1 aliphatic rings. The number of ether oxygens (including phenoxy) is 1. The monoisotopic (exact) mass is 388 g/mol. The van der Waals surface area contributed by atoms with Crippen LogP contribution in [0.5, 0.6) is 0 Å². The third-order valence-electron chi connectivity index (χ3n) is 4.71. The summed E-state index contributed by atoms with van der Waals surface area (Å²) in [5.41, 5.74) is -0.0910. The van der Waals surface area contributed by atoms with Crippen molar-refractivity contribution in [1.29, 1.82) is 0 Å². The van der Waals surface area contributed by atoms with Gasteiger partial charge in [0.2, 0.25) is 0 Å². The van der Waals surface area contributed by atoms with E-state index in [9.17, 15) is 18.0 Å². The number of aryl methyl sites for hydroxylation is 2. The number of likely N-dealkylation sites (tertiary alicyclic amines) is 1. The Hall–Kier alpha value is -2.43. The second-order valence-electron chi connectivity index (χ2n) is 6.50. The molecule has 3 rings (SSSR count). The predicted molar refractivity (Wildman–Crippen MR) is 83.9 cm³/mol. The highest BCUT2D eigenvalue weighted by atomic mass is 19.4. The quantitative estimate of drug-likeness (QED) is 0.794. The molecule has 0 aliphatic carbocycles. The van der Waals surface area contributed by atoms with Gasteiger partial charge in [-0.05, 0) is 13.8 Å². The highest BCUT2D eigenvalue weighted by Gasteiger charge is 2.43. The number of hydrogen-bond donors (Lipinski definition) is 0. The molecule has 0 atom stereocenters. The molecule has 1 fully saturated rings. The summed E-state index contributed by atoms with van der Waals surface area (Å²) in [4.78, 5) is 18.2. The number of alkyl halides is 3. The second kappa shape index (κ2) is 6.95. The minimum absolute atomic E-state index is 0.00584. The molecule has 11 heteroatoms. The fraction of sp³-hybridized carbons (Fsp3) is 0.625. The van der Waals surface area contributed by atoms with Gasteiger partial charge in [0.1, 0.15) is 23.3 Å². The Morgan fingerprint density at radius 3 is 2.41 bits per heavy atom. The van der Waals surface area contributed by atoms with Gasteiger partial charge >= 0.3 is 6.18 Å². The molecular formula is C16H19F3N4O4. The number of methoxy groups -OCH3 is 1. The predicted octanol–water partition coefficient (Wildman–Crippen LogP) is 2.56. The van der Waals surface area contributed by atoms with Crippen LogP contribution in [-0.2, 0) is 16.8 Å². The summed E-state index contributed by atoms with van der Waals surface area (Å²) in [7, 11) is 1.43. The van der Waals surface area contributed by atoms with Crippen molar-refractivity contribution in [2.45, 2.75) is 44.9 Å². The Kier molecular flexibility index (Phi) is 4.98. The van der Waals surface area contributed by atoms with Crippen LogP contribution in [-0.4, -0.2) is 52.5 Å². The lowest BCUT2D eigenvalue weighted by Gasteiger charge is -2.38. The lowest BCUT2D eigenvalue weighted by Crippen LogP contribution is -2.46. The number of piperidine rings is 1. The van der Waals surface area contributed by atoms with E-state index in [4.69, 9.17) is 13.8 Å². The van der Waals surface area contributed by atoms with Crippen LogP contribution in [0.1, 0.15) is 46.4 Å². The summed E-state index contributed by atoms with van der Waals surface area (Å²) in [6.07, 6.45) is -5.07. The maximum atomic E-state index is 12.7. The smallest absolute Gasteiger partial charge is 0.368 e. The van der Waals surface area contributed by atoms with E-state index >= 15 is 0 Å². The van der Waals surface area contributed by atoms with E-state index in [1.807, 2.05) is 0 Å². The van der Waals surface area contributed by atoms with E-state index in [0.717, 1.165) is 0 Å². The summed E-state index contributed by atoms with van der Waals surface area (Å²) < 4.78 is 53.1. The Morgan fingerprint density at radius 1 is 1.22 bits per heavy atom. The number of halogens is 3. The topological polar surface area (TPSA) is 94.5 Å². The largest absolute Gasteiger partial charge is 0.396 e. The van der Waals surface area contributed by atoms with Gasteiger partial charge < -0.3 is 18.7 Å². The van der Waals surface area contributed by atoms with Crippen LogP contribution in [0.3, 0.4) is 0 Å². The summed E-state index contributed by atoms with van der Waals surface area (Å²) in [6.45, 7) is 3.98. The van der Waals surface area contributed by atoms with Gasteiger partial charge in [-0.25, -0.2) is 0 Å². The van der Waals surface area contributed by atoms with Crippen LogP contribution in [0.15, 0.2) is 9.05 Å². The maximum Gasteiger partial charge on any atom is 0.396 e. The van der Waals surface area contributed by atoms with Crippen molar-refractivity contribution in [3.63, 3.8) is 0 Å². The van der Waals surface area contributed by atoms with Crippen LogP contribution < -0.4 is 0 Å². The summed E-state index contributed by atoms with van der Waals surface area (Å²) in [5.74, 6) is -0.217. The number of amides is 1. The fourth-order valence-electron chi connectivity index (χ4n) is 3.21. The fourth-order valence-corrected chi connectivity index (χ4v) is 3.21. The van der Waals surface area contributed by atoms with Crippen molar-refractivity contribution in [1.82, 2.24) is 20.2 Å². The molecule has 8 nitrogen and oxygen atoms in total. The molecule has 1 aliphatic heterocycles. The second-order valence-corrected chi connectivity index (χ2v) is 6.50. The van der Waals surface area contributed by atoms with E-state index in [-0.39, 0.29) is 11.8 Å². The SMILES string of the molecule is COC1(c2nc(CC(F)(F)F)no2)CCN(C(=O)c2c(C)noc2C)CC1. The molecule has 0 radical (unpaired) electrons. The highest BCUT2D eigenvalue weighted by Crippen LogP contribution is 2.36. The van der Waals surface area contributed by atoms with Gasteiger partial charge in [-0.15, -0.1) is 0 Å². The van der Waals surface area contributed by atoms with Gasteiger partial charge in [-0.2, -0.15) is 18.2 Å². The molecule has 0 saturated carbocycles. The van der Waals surface area contributed by atoms with Crippen LogP contribution in [0.25, 0.3) is 0 Å². The lowest BCUT2D eigenvalue weighted by molar-refractivity contribution is -0.128. The Morgan fingerprint density at radius 2 is 1.89 bits per heavy atom. The molecule has 0 aromatic carbocycles. The molecule has 2 aromatic rings. The molecule has 27 heavy (non-hydrogen) atoms. The summed E-state index contributed by atoms with van der Waals surface area (Å²) in [6, 6.07) is 0. The molecule has 0 spiro atoms. The van der Waals surface area contributed by atoms with Gasteiger partial charge in [0.05, 0.1) is 5.69 Å². The van der Waals surface area contributed by atoms with Crippen LogP contribution in [0.2, 0.25) is 0 Å². The standard InChI is InChI=1S/C16H19F3N4O4/c1-9-12(10(2)26-21-9)13(24)23-6-4-15(25-3,5-7-23)14-20-11(22-27-14)8-16(17,18)19/h4-8H2,1-3H3. The van der Waals surface area contributed by atoms with Gasteiger partial charge in [0.25, 0.3) is 11.8 Å². The van der Waals surface area contributed by atoms with E-state index in [1.165, 1.54) is 7.11 Å². The van der Waals surface area contributed by atoms with Crippen molar-refractivity contribution in [3.8, 4) is 0 Å². The number of hydrogen-bond acceptors (Lipinski definition) is 7. The molecule has 0 unspecified atom stereocenters. The van der Waals surface area contributed by atoms with Crippen molar-refractivity contribution in [2.75, 3.05) is 20.2 Å². The first-order chi connectivity index (χ1) is 12.6. The Labute approximate surface area is 152 Å². The maximum absolute atomic E-state index is 12.7. The third kappa shape index (κ3) is 3.82. The highest BCUT2D eigenvalue weighted by molar-refractivity contribution is 5.96. The number of rotatable bonds is 4. The van der Waals surface area contributed by atoms with Gasteiger partial charge in [0, 0.05) is 33.0 Å².